The maximum absolute atomic E-state index is 13.7. The molecule has 2 amide bonds. The number of amides is 2. The van der Waals surface area contributed by atoms with Crippen LogP contribution in [0.5, 0.6) is 0 Å². The summed E-state index contributed by atoms with van der Waals surface area (Å²) >= 11 is 12.2. The Morgan fingerprint density at radius 3 is 1.69 bits per heavy atom. The Labute approximate surface area is 178 Å². The number of carbonyl (C=O) groups excluding carboxylic acids is 2. The van der Waals surface area contributed by atoms with E-state index < -0.39 is 16.7 Å². The molecule has 3 aromatic rings. The van der Waals surface area contributed by atoms with Crippen LogP contribution in [0.1, 0.15) is 18.1 Å². The lowest BCUT2D eigenvalue weighted by atomic mass is 9.79. The first-order valence-corrected chi connectivity index (χ1v) is 10.1. The van der Waals surface area contributed by atoms with Gasteiger partial charge in [0, 0.05) is 15.5 Å². The molecule has 1 aliphatic heterocycles. The minimum Gasteiger partial charge on any atom is -0.274 e. The second kappa shape index (κ2) is 6.19. The van der Waals surface area contributed by atoms with E-state index in [-0.39, 0.29) is 11.8 Å². The molecular formula is C24H17Cl2NO2. The van der Waals surface area contributed by atoms with Crippen LogP contribution in [0.2, 0.25) is 10.0 Å². The summed E-state index contributed by atoms with van der Waals surface area (Å²) in [6.07, 6.45) is 0. The minimum atomic E-state index is -0.873. The van der Waals surface area contributed by atoms with Gasteiger partial charge in [0.25, 0.3) is 0 Å². The number of hydrogen-bond acceptors (Lipinski definition) is 2. The van der Waals surface area contributed by atoms with Crippen molar-refractivity contribution in [2.45, 2.75) is 12.3 Å². The molecule has 0 radical (unpaired) electrons. The lowest BCUT2D eigenvalue weighted by Crippen LogP contribution is -2.42. The average molecular weight is 422 g/mol. The third-order valence-corrected chi connectivity index (χ3v) is 6.86. The second-order valence-electron chi connectivity index (χ2n) is 7.78. The van der Waals surface area contributed by atoms with E-state index in [2.05, 4.69) is 0 Å². The van der Waals surface area contributed by atoms with Crippen LogP contribution in [-0.4, -0.2) is 11.8 Å². The molecule has 5 rings (SSSR count). The molecule has 5 heteroatoms. The first-order chi connectivity index (χ1) is 13.9. The van der Waals surface area contributed by atoms with E-state index >= 15 is 0 Å². The van der Waals surface area contributed by atoms with E-state index in [1.165, 1.54) is 4.90 Å². The van der Waals surface area contributed by atoms with Crippen molar-refractivity contribution in [1.29, 1.82) is 0 Å². The van der Waals surface area contributed by atoms with Gasteiger partial charge in [-0.15, -0.1) is 0 Å². The van der Waals surface area contributed by atoms with Crippen LogP contribution in [0.25, 0.3) is 0 Å². The molecule has 0 aromatic heterocycles. The molecule has 1 unspecified atom stereocenters. The van der Waals surface area contributed by atoms with Gasteiger partial charge in [-0.05, 0) is 36.2 Å². The highest BCUT2D eigenvalue weighted by Crippen LogP contribution is 2.76. The zero-order valence-electron chi connectivity index (χ0n) is 15.6. The number of piperidine rings is 1. The Morgan fingerprint density at radius 1 is 0.793 bits per heavy atom. The van der Waals surface area contributed by atoms with Crippen LogP contribution in [-0.2, 0) is 15.0 Å². The van der Waals surface area contributed by atoms with Crippen molar-refractivity contribution in [2.24, 2.45) is 11.3 Å². The monoisotopic (exact) mass is 421 g/mol. The molecule has 29 heavy (non-hydrogen) atoms. The lowest BCUT2D eigenvalue weighted by Gasteiger charge is -2.29. The van der Waals surface area contributed by atoms with Gasteiger partial charge >= 0.3 is 0 Å². The van der Waals surface area contributed by atoms with Crippen molar-refractivity contribution in [3.05, 3.63) is 100 Å². The number of imide groups is 1. The van der Waals surface area contributed by atoms with Gasteiger partial charge in [-0.3, -0.25) is 9.59 Å². The quantitative estimate of drug-likeness (QED) is 0.524. The number of rotatable bonds is 3. The predicted molar refractivity (Wildman–Crippen MR) is 114 cm³/mol. The molecular weight excluding hydrogens is 405 g/mol. The van der Waals surface area contributed by atoms with Crippen molar-refractivity contribution in [3.63, 3.8) is 0 Å². The number of fused-ring (bicyclic) bond motifs is 1. The summed E-state index contributed by atoms with van der Waals surface area (Å²) in [7, 11) is 0. The Kier molecular flexibility index (Phi) is 3.93. The zero-order valence-corrected chi connectivity index (χ0v) is 17.1. The van der Waals surface area contributed by atoms with Crippen molar-refractivity contribution >= 4 is 40.7 Å². The van der Waals surface area contributed by atoms with Crippen molar-refractivity contribution in [3.8, 4) is 0 Å². The fraction of sp³-hybridized carbons (Fsp3) is 0.167. The summed E-state index contributed by atoms with van der Waals surface area (Å²) in [6, 6.07) is 24.4. The van der Waals surface area contributed by atoms with Gasteiger partial charge in [-0.25, -0.2) is 4.90 Å². The predicted octanol–water partition coefficient (Wildman–Crippen LogP) is 5.49. The van der Waals surface area contributed by atoms with Crippen LogP contribution in [0, 0.1) is 11.3 Å². The zero-order chi connectivity index (χ0) is 20.4. The molecule has 0 bridgehead atoms. The summed E-state index contributed by atoms with van der Waals surface area (Å²) in [5.41, 5.74) is 0.818. The number of carbonyl (C=O) groups is 2. The first kappa shape index (κ1) is 18.4. The number of halogens is 2. The van der Waals surface area contributed by atoms with Gasteiger partial charge in [0.1, 0.15) is 0 Å². The molecule has 3 nitrogen and oxygen atoms in total. The number of hydrogen-bond donors (Lipinski definition) is 0. The van der Waals surface area contributed by atoms with Crippen LogP contribution in [0.3, 0.4) is 0 Å². The molecule has 3 aromatic carbocycles. The molecule has 144 valence electrons. The molecule has 2 fully saturated rings. The highest BCUT2D eigenvalue weighted by molar-refractivity contribution is 6.36. The Morgan fingerprint density at radius 2 is 1.28 bits per heavy atom. The minimum absolute atomic E-state index is 0.219. The summed E-state index contributed by atoms with van der Waals surface area (Å²) in [5, 5.41) is 0.771. The van der Waals surface area contributed by atoms with Gasteiger partial charge in [0.2, 0.25) is 11.8 Å². The lowest BCUT2D eigenvalue weighted by molar-refractivity contribution is -0.125. The molecule has 1 saturated heterocycles. The van der Waals surface area contributed by atoms with Crippen LogP contribution in [0.4, 0.5) is 5.69 Å². The summed E-state index contributed by atoms with van der Waals surface area (Å²) in [4.78, 5) is 28.5. The number of nitrogens with zero attached hydrogens (tertiary/aromatic N) is 1. The van der Waals surface area contributed by atoms with Crippen LogP contribution >= 0.6 is 23.2 Å². The van der Waals surface area contributed by atoms with E-state index in [1.807, 2.05) is 67.6 Å². The summed E-state index contributed by atoms with van der Waals surface area (Å²) in [5.74, 6) is -0.924. The molecule has 1 saturated carbocycles. The van der Waals surface area contributed by atoms with Gasteiger partial charge < -0.3 is 0 Å². The topological polar surface area (TPSA) is 37.4 Å². The normalized spacial score (nSPS) is 24.5. The Bertz CT molecular complexity index is 1090. The molecule has 0 spiro atoms. The number of anilines is 1. The molecule has 1 aliphatic carbocycles. The maximum atomic E-state index is 13.7. The van der Waals surface area contributed by atoms with Gasteiger partial charge in [-0.1, -0.05) is 83.9 Å². The standard InChI is InChI=1S/C24H17Cl2NO2/c1-23-20(21(28)27(22(23)29)19-13-17(25)12-18(26)14-19)24(23,15-8-4-2-5-9-15)16-10-6-3-7-11-16/h2-14,20H,1H3/t20?,23-/m1/s1. The Balaban J connectivity index is 1.68. The molecule has 2 atom stereocenters. The SMILES string of the molecule is C[C@]12C(=O)N(c3cc(Cl)cc(Cl)c3)C(=O)C1C2(c1ccccc1)c1ccccc1. The van der Waals surface area contributed by atoms with Crippen LogP contribution < -0.4 is 4.90 Å². The second-order valence-corrected chi connectivity index (χ2v) is 8.65. The molecule has 1 heterocycles. The molecule has 2 aliphatic rings. The third-order valence-electron chi connectivity index (χ3n) is 6.42. The number of benzene rings is 3. The highest BCUT2D eigenvalue weighted by atomic mass is 35.5. The first-order valence-electron chi connectivity index (χ1n) is 9.38. The average Bonchev–Trinajstić information content (AvgIpc) is 3.23. The summed E-state index contributed by atoms with van der Waals surface area (Å²) < 4.78 is 0. The van der Waals surface area contributed by atoms with Crippen LogP contribution in [0.15, 0.2) is 78.9 Å². The van der Waals surface area contributed by atoms with Gasteiger partial charge in [0.15, 0.2) is 0 Å². The summed E-state index contributed by atoms with van der Waals surface area (Å²) in [6.45, 7) is 1.89. The third kappa shape index (κ3) is 2.26. The van der Waals surface area contributed by atoms with E-state index in [1.54, 1.807) is 18.2 Å². The fourth-order valence-electron chi connectivity index (χ4n) is 5.22. The van der Waals surface area contributed by atoms with Gasteiger partial charge in [0.05, 0.1) is 17.0 Å². The Hall–Kier alpha value is -2.62. The fourth-order valence-corrected chi connectivity index (χ4v) is 5.73. The van der Waals surface area contributed by atoms with E-state index in [9.17, 15) is 9.59 Å². The van der Waals surface area contributed by atoms with Crippen molar-refractivity contribution in [2.75, 3.05) is 4.90 Å². The molecule has 0 N–H and O–H groups in total. The van der Waals surface area contributed by atoms with E-state index in [0.29, 0.717) is 15.7 Å². The highest BCUT2D eigenvalue weighted by Gasteiger charge is 2.86. The van der Waals surface area contributed by atoms with Crippen molar-refractivity contribution in [1.82, 2.24) is 0 Å². The van der Waals surface area contributed by atoms with Gasteiger partial charge in [-0.2, -0.15) is 0 Å². The van der Waals surface area contributed by atoms with E-state index in [4.69, 9.17) is 23.2 Å². The largest absolute Gasteiger partial charge is 0.274 e. The smallest absolute Gasteiger partial charge is 0.241 e. The van der Waals surface area contributed by atoms with Crippen molar-refractivity contribution < 1.29 is 9.59 Å². The maximum Gasteiger partial charge on any atom is 0.241 e. The van der Waals surface area contributed by atoms with E-state index in [0.717, 1.165) is 11.1 Å².